The van der Waals surface area contributed by atoms with Crippen LogP contribution in [0.25, 0.3) is 5.69 Å². The summed E-state index contributed by atoms with van der Waals surface area (Å²) < 4.78 is 66.7. The van der Waals surface area contributed by atoms with Gasteiger partial charge in [-0.2, -0.15) is 4.68 Å². The van der Waals surface area contributed by atoms with Crippen LogP contribution in [-0.4, -0.2) is 34.0 Å². The molecule has 0 atom stereocenters. The second-order valence-electron chi connectivity index (χ2n) is 5.19. The van der Waals surface area contributed by atoms with Crippen LogP contribution < -0.4 is 16.1 Å². The van der Waals surface area contributed by atoms with Crippen molar-refractivity contribution in [2.75, 3.05) is 11.0 Å². The van der Waals surface area contributed by atoms with E-state index in [0.717, 1.165) is 18.4 Å². The molecular formula is C13H14F3N5O3S2. The van der Waals surface area contributed by atoms with Gasteiger partial charge in [0, 0.05) is 12.1 Å². The summed E-state index contributed by atoms with van der Waals surface area (Å²) in [7, 11) is -3.80. The number of halogens is 3. The highest BCUT2D eigenvalue weighted by molar-refractivity contribution is 7.92. The molecule has 3 N–H and O–H groups in total. The lowest BCUT2D eigenvalue weighted by atomic mass is 10.1. The van der Waals surface area contributed by atoms with Gasteiger partial charge in [-0.15, -0.1) is 5.10 Å². The Kier molecular flexibility index (Phi) is 5.41. The van der Waals surface area contributed by atoms with Gasteiger partial charge in [-0.1, -0.05) is 12.2 Å². The van der Waals surface area contributed by atoms with E-state index in [1.54, 1.807) is 0 Å². The van der Waals surface area contributed by atoms with Crippen LogP contribution in [-0.2, 0) is 16.6 Å². The highest BCUT2D eigenvalue weighted by Crippen LogP contribution is 2.25. The average Bonchev–Trinajstić information content (AvgIpc) is 2.83. The first kappa shape index (κ1) is 19.9. The van der Waals surface area contributed by atoms with Crippen LogP contribution in [0.3, 0.4) is 0 Å². The summed E-state index contributed by atoms with van der Waals surface area (Å²) in [5.74, 6) is -1.89. The zero-order valence-electron chi connectivity index (χ0n) is 13.5. The number of rotatable bonds is 6. The number of benzene rings is 1. The van der Waals surface area contributed by atoms with Gasteiger partial charge in [-0.25, -0.2) is 26.4 Å². The molecule has 1 aromatic heterocycles. The van der Waals surface area contributed by atoms with E-state index in [4.69, 9.17) is 18.0 Å². The molecule has 0 unspecified atom stereocenters. The van der Waals surface area contributed by atoms with Gasteiger partial charge in [0.05, 0.1) is 11.9 Å². The van der Waals surface area contributed by atoms with E-state index in [2.05, 4.69) is 9.82 Å². The Labute approximate surface area is 151 Å². The molecule has 0 fully saturated rings. The van der Waals surface area contributed by atoms with E-state index < -0.39 is 39.5 Å². The SMILES string of the molecule is CCn1c(C(F)F)nn(-c2cc(NS(C)(=O)=O)c(C(N)=S)cc2F)c1=O. The molecule has 0 saturated heterocycles. The minimum Gasteiger partial charge on any atom is -0.389 e. The fourth-order valence-electron chi connectivity index (χ4n) is 2.24. The lowest BCUT2D eigenvalue weighted by molar-refractivity contribution is 0.134. The molecule has 0 aliphatic rings. The normalized spacial score (nSPS) is 11.8. The topological polar surface area (TPSA) is 112 Å². The summed E-state index contributed by atoms with van der Waals surface area (Å²) in [6, 6.07) is 1.71. The maximum Gasteiger partial charge on any atom is 0.350 e. The first-order valence-electron chi connectivity index (χ1n) is 7.05. The summed E-state index contributed by atoms with van der Waals surface area (Å²) in [4.78, 5) is 12.0. The molecular weight excluding hydrogens is 395 g/mol. The van der Waals surface area contributed by atoms with Crippen LogP contribution in [0.4, 0.5) is 18.9 Å². The Morgan fingerprint density at radius 1 is 1.42 bits per heavy atom. The largest absolute Gasteiger partial charge is 0.389 e. The number of anilines is 1. The van der Waals surface area contributed by atoms with Crippen molar-refractivity contribution < 1.29 is 21.6 Å². The molecule has 1 aromatic carbocycles. The van der Waals surface area contributed by atoms with Crippen molar-refractivity contribution in [2.24, 2.45) is 5.73 Å². The van der Waals surface area contributed by atoms with E-state index in [-0.39, 0.29) is 22.8 Å². The van der Waals surface area contributed by atoms with Gasteiger partial charge in [-0.3, -0.25) is 9.29 Å². The number of thiocarbonyl (C=S) groups is 1. The number of alkyl halides is 2. The van der Waals surface area contributed by atoms with E-state index in [0.29, 0.717) is 9.25 Å². The van der Waals surface area contributed by atoms with Gasteiger partial charge in [-0.05, 0) is 19.1 Å². The standard InChI is InChI=1S/C13H14F3N5O3S2/c1-3-20-12(10(15)16)18-21(13(20)22)9-5-8(19-26(2,23)24)6(11(17)25)4-7(9)14/h4-5,10,19H,3H2,1-2H3,(H2,17,25). The van der Waals surface area contributed by atoms with Gasteiger partial charge in [0.15, 0.2) is 0 Å². The molecule has 0 aliphatic carbocycles. The summed E-state index contributed by atoms with van der Waals surface area (Å²) in [5, 5.41) is 3.46. The molecule has 8 nitrogen and oxygen atoms in total. The minimum atomic E-state index is -3.80. The third kappa shape index (κ3) is 3.88. The fourth-order valence-corrected chi connectivity index (χ4v) is 2.98. The molecule has 26 heavy (non-hydrogen) atoms. The second kappa shape index (κ2) is 7.07. The number of aromatic nitrogens is 3. The number of nitrogens with two attached hydrogens (primary N) is 1. The average molecular weight is 409 g/mol. The van der Waals surface area contributed by atoms with Crippen LogP contribution >= 0.6 is 12.2 Å². The molecule has 0 aliphatic heterocycles. The van der Waals surface area contributed by atoms with E-state index in [1.165, 1.54) is 6.92 Å². The molecule has 0 bridgehead atoms. The highest BCUT2D eigenvalue weighted by Gasteiger charge is 2.24. The summed E-state index contributed by atoms with van der Waals surface area (Å²) in [6.45, 7) is 1.34. The minimum absolute atomic E-state index is 0.112. The molecule has 0 radical (unpaired) electrons. The Balaban J connectivity index is 2.77. The molecule has 0 saturated carbocycles. The van der Waals surface area contributed by atoms with Crippen molar-refractivity contribution in [3.8, 4) is 5.69 Å². The van der Waals surface area contributed by atoms with Crippen LogP contribution in [0.1, 0.15) is 24.7 Å². The van der Waals surface area contributed by atoms with Crippen LogP contribution in [0.5, 0.6) is 0 Å². The Morgan fingerprint density at radius 3 is 2.46 bits per heavy atom. The molecule has 142 valence electrons. The Bertz CT molecular complexity index is 1030. The lowest BCUT2D eigenvalue weighted by Gasteiger charge is -2.12. The van der Waals surface area contributed by atoms with Crippen LogP contribution in [0, 0.1) is 5.82 Å². The molecule has 1 heterocycles. The number of hydrogen-bond donors (Lipinski definition) is 2. The molecule has 0 amide bonds. The second-order valence-corrected chi connectivity index (χ2v) is 7.37. The number of nitrogens with one attached hydrogen (secondary N) is 1. The smallest absolute Gasteiger partial charge is 0.350 e. The summed E-state index contributed by atoms with van der Waals surface area (Å²) in [6.07, 6.45) is -2.22. The highest BCUT2D eigenvalue weighted by atomic mass is 32.2. The molecule has 13 heteroatoms. The molecule has 0 spiro atoms. The van der Waals surface area contributed by atoms with Gasteiger partial charge >= 0.3 is 5.69 Å². The van der Waals surface area contributed by atoms with Crippen molar-refractivity contribution in [2.45, 2.75) is 19.9 Å². The monoisotopic (exact) mass is 409 g/mol. The van der Waals surface area contributed by atoms with Crippen molar-refractivity contribution in [1.29, 1.82) is 0 Å². The fraction of sp³-hybridized carbons (Fsp3) is 0.308. The zero-order valence-corrected chi connectivity index (χ0v) is 15.2. The van der Waals surface area contributed by atoms with E-state index in [9.17, 15) is 26.4 Å². The number of hydrogen-bond acceptors (Lipinski definition) is 5. The van der Waals surface area contributed by atoms with Crippen molar-refractivity contribution in [3.63, 3.8) is 0 Å². The van der Waals surface area contributed by atoms with Gasteiger partial charge in [0.25, 0.3) is 6.43 Å². The van der Waals surface area contributed by atoms with E-state index >= 15 is 0 Å². The van der Waals surface area contributed by atoms with Crippen LogP contribution in [0.15, 0.2) is 16.9 Å². The van der Waals surface area contributed by atoms with Gasteiger partial charge < -0.3 is 5.73 Å². The van der Waals surface area contributed by atoms with E-state index in [1.807, 2.05) is 0 Å². The summed E-state index contributed by atoms with van der Waals surface area (Å²) in [5.41, 5.74) is 3.57. The third-order valence-corrected chi connectivity index (χ3v) is 4.09. The van der Waals surface area contributed by atoms with Crippen LogP contribution in [0.2, 0.25) is 0 Å². The third-order valence-electron chi connectivity index (χ3n) is 3.28. The van der Waals surface area contributed by atoms with Crippen molar-refractivity contribution in [1.82, 2.24) is 14.3 Å². The maximum atomic E-state index is 14.4. The number of sulfonamides is 1. The first-order valence-corrected chi connectivity index (χ1v) is 9.35. The predicted molar refractivity (Wildman–Crippen MR) is 92.8 cm³/mol. The maximum absolute atomic E-state index is 14.4. The lowest BCUT2D eigenvalue weighted by Crippen LogP contribution is -2.25. The first-order chi connectivity index (χ1) is 12.0. The quantitative estimate of drug-likeness (QED) is 0.692. The Hall–Kier alpha value is -2.41. The molecule has 2 rings (SSSR count). The summed E-state index contributed by atoms with van der Waals surface area (Å²) >= 11 is 4.75. The Morgan fingerprint density at radius 2 is 2.04 bits per heavy atom. The van der Waals surface area contributed by atoms with Crippen molar-refractivity contribution >= 4 is 32.9 Å². The van der Waals surface area contributed by atoms with Gasteiger partial charge in [0.1, 0.15) is 16.5 Å². The van der Waals surface area contributed by atoms with Crippen molar-refractivity contribution in [3.05, 3.63) is 39.8 Å². The number of nitrogens with zero attached hydrogens (tertiary/aromatic N) is 3. The zero-order chi connectivity index (χ0) is 19.8. The van der Waals surface area contributed by atoms with Gasteiger partial charge in [0.2, 0.25) is 15.8 Å². The molecule has 2 aromatic rings. The predicted octanol–water partition coefficient (Wildman–Crippen LogP) is 1.14.